The van der Waals surface area contributed by atoms with E-state index in [1.54, 1.807) is 19.2 Å². The van der Waals surface area contributed by atoms with Crippen LogP contribution in [0.15, 0.2) is 23.3 Å². The fourth-order valence-corrected chi connectivity index (χ4v) is 1.32. The molecule has 0 fully saturated rings. The highest BCUT2D eigenvalue weighted by atomic mass is 35.5. The van der Waals surface area contributed by atoms with Gasteiger partial charge in [0, 0.05) is 7.05 Å². The lowest BCUT2D eigenvalue weighted by atomic mass is 10.1. The molecule has 0 heterocycles. The SMILES string of the molecule is CNC(=S)N/N=C(\C)c1ccc(Cl)c(Cl)c1. The second-order valence-electron chi connectivity index (χ2n) is 3.02. The fraction of sp³-hybridized carbons (Fsp3) is 0.200. The van der Waals surface area contributed by atoms with Gasteiger partial charge in [-0.2, -0.15) is 5.10 Å². The maximum absolute atomic E-state index is 5.90. The lowest BCUT2D eigenvalue weighted by Gasteiger charge is -2.05. The fourth-order valence-electron chi connectivity index (χ4n) is 0.976. The van der Waals surface area contributed by atoms with Crippen molar-refractivity contribution in [2.24, 2.45) is 5.10 Å². The van der Waals surface area contributed by atoms with Crippen molar-refractivity contribution in [1.82, 2.24) is 10.7 Å². The van der Waals surface area contributed by atoms with Crippen LogP contribution in [0.1, 0.15) is 12.5 Å². The Labute approximate surface area is 110 Å². The van der Waals surface area contributed by atoms with Crippen molar-refractivity contribution < 1.29 is 0 Å². The molecule has 0 aliphatic rings. The molecule has 1 rings (SSSR count). The monoisotopic (exact) mass is 275 g/mol. The lowest BCUT2D eigenvalue weighted by Crippen LogP contribution is -2.29. The van der Waals surface area contributed by atoms with Crippen molar-refractivity contribution in [1.29, 1.82) is 0 Å². The molecule has 6 heteroatoms. The molecule has 86 valence electrons. The summed E-state index contributed by atoms with van der Waals surface area (Å²) < 4.78 is 0. The summed E-state index contributed by atoms with van der Waals surface area (Å²) in [5.41, 5.74) is 4.36. The molecule has 2 N–H and O–H groups in total. The minimum atomic E-state index is 0.458. The van der Waals surface area contributed by atoms with Crippen LogP contribution in [0.3, 0.4) is 0 Å². The minimum Gasteiger partial charge on any atom is -0.364 e. The number of nitrogens with zero attached hydrogens (tertiary/aromatic N) is 1. The topological polar surface area (TPSA) is 36.4 Å². The molecule has 3 nitrogen and oxygen atoms in total. The van der Waals surface area contributed by atoms with Gasteiger partial charge in [0.25, 0.3) is 0 Å². The van der Waals surface area contributed by atoms with E-state index in [0.29, 0.717) is 15.2 Å². The van der Waals surface area contributed by atoms with Crippen molar-refractivity contribution in [3.05, 3.63) is 33.8 Å². The molecule has 0 radical (unpaired) electrons. The van der Waals surface area contributed by atoms with E-state index in [1.807, 2.05) is 13.0 Å². The van der Waals surface area contributed by atoms with Crippen molar-refractivity contribution in [2.75, 3.05) is 7.05 Å². The smallest absolute Gasteiger partial charge is 0.186 e. The van der Waals surface area contributed by atoms with Crippen LogP contribution in [0.25, 0.3) is 0 Å². The molecule has 16 heavy (non-hydrogen) atoms. The Hall–Kier alpha value is -0.840. The number of nitrogens with one attached hydrogen (secondary N) is 2. The molecule has 0 atom stereocenters. The number of benzene rings is 1. The van der Waals surface area contributed by atoms with Gasteiger partial charge in [0.05, 0.1) is 15.8 Å². The predicted octanol–water partition coefficient (Wildman–Crippen LogP) is 2.81. The molecule has 0 aliphatic carbocycles. The van der Waals surface area contributed by atoms with E-state index < -0.39 is 0 Å². The average molecular weight is 276 g/mol. The number of hydrogen-bond donors (Lipinski definition) is 2. The van der Waals surface area contributed by atoms with Crippen molar-refractivity contribution in [3.63, 3.8) is 0 Å². The van der Waals surface area contributed by atoms with Crippen molar-refractivity contribution in [3.8, 4) is 0 Å². The highest BCUT2D eigenvalue weighted by Crippen LogP contribution is 2.22. The van der Waals surface area contributed by atoms with Gasteiger partial charge in [-0.05, 0) is 36.8 Å². The van der Waals surface area contributed by atoms with Crippen LogP contribution in [0.4, 0.5) is 0 Å². The lowest BCUT2D eigenvalue weighted by molar-refractivity contribution is 0.974. The minimum absolute atomic E-state index is 0.458. The van der Waals surface area contributed by atoms with Gasteiger partial charge in [-0.15, -0.1) is 0 Å². The maximum atomic E-state index is 5.90. The Balaban J connectivity index is 2.83. The first-order valence-electron chi connectivity index (χ1n) is 4.52. The molecule has 0 spiro atoms. The van der Waals surface area contributed by atoms with Crippen LogP contribution in [0.5, 0.6) is 0 Å². The summed E-state index contributed by atoms with van der Waals surface area (Å²) in [7, 11) is 1.72. The third-order valence-electron chi connectivity index (χ3n) is 1.89. The zero-order valence-electron chi connectivity index (χ0n) is 8.84. The maximum Gasteiger partial charge on any atom is 0.186 e. The van der Waals surface area contributed by atoms with Crippen molar-refractivity contribution in [2.45, 2.75) is 6.92 Å². The Morgan fingerprint density at radius 2 is 2.00 bits per heavy atom. The molecular weight excluding hydrogens is 265 g/mol. The van der Waals surface area contributed by atoms with Gasteiger partial charge in [0.1, 0.15) is 0 Å². The second-order valence-corrected chi connectivity index (χ2v) is 4.24. The highest BCUT2D eigenvalue weighted by Gasteiger charge is 2.02. The average Bonchev–Trinajstić information content (AvgIpc) is 2.29. The Morgan fingerprint density at radius 1 is 1.31 bits per heavy atom. The Kier molecular flexibility index (Phi) is 4.99. The normalized spacial score (nSPS) is 11.1. The largest absolute Gasteiger partial charge is 0.364 e. The number of thiocarbonyl (C=S) groups is 1. The van der Waals surface area contributed by atoms with E-state index in [2.05, 4.69) is 15.8 Å². The van der Waals surface area contributed by atoms with E-state index in [1.165, 1.54) is 0 Å². The summed E-state index contributed by atoms with van der Waals surface area (Å²) >= 11 is 16.6. The molecule has 0 amide bonds. The van der Waals surface area contributed by atoms with Crippen LogP contribution in [0.2, 0.25) is 10.0 Å². The van der Waals surface area contributed by atoms with Crippen LogP contribution in [0, 0.1) is 0 Å². The summed E-state index contributed by atoms with van der Waals surface area (Å²) in [5, 5.41) is 8.34. The molecule has 0 aliphatic heterocycles. The zero-order valence-corrected chi connectivity index (χ0v) is 11.2. The summed E-state index contributed by atoms with van der Waals surface area (Å²) in [4.78, 5) is 0. The van der Waals surface area contributed by atoms with E-state index in [-0.39, 0.29) is 0 Å². The van der Waals surface area contributed by atoms with E-state index in [0.717, 1.165) is 11.3 Å². The first kappa shape index (κ1) is 13.2. The van der Waals surface area contributed by atoms with Gasteiger partial charge in [-0.1, -0.05) is 29.3 Å². The predicted molar refractivity (Wildman–Crippen MR) is 73.5 cm³/mol. The molecule has 0 bridgehead atoms. The quantitative estimate of drug-likeness (QED) is 0.495. The van der Waals surface area contributed by atoms with Gasteiger partial charge in [0.2, 0.25) is 0 Å². The first-order valence-corrected chi connectivity index (χ1v) is 5.68. The molecule has 0 unspecified atom stereocenters. The molecule has 0 saturated carbocycles. The Morgan fingerprint density at radius 3 is 2.56 bits per heavy atom. The molecule has 1 aromatic rings. The first-order chi connectivity index (χ1) is 7.54. The zero-order chi connectivity index (χ0) is 12.1. The van der Waals surface area contributed by atoms with Crippen LogP contribution in [-0.4, -0.2) is 17.9 Å². The Bertz CT molecular complexity index is 432. The van der Waals surface area contributed by atoms with Gasteiger partial charge in [0.15, 0.2) is 5.11 Å². The van der Waals surface area contributed by atoms with Crippen LogP contribution in [-0.2, 0) is 0 Å². The van der Waals surface area contributed by atoms with Crippen LogP contribution < -0.4 is 10.7 Å². The summed E-state index contributed by atoms with van der Waals surface area (Å²) in [6, 6.07) is 5.33. The summed E-state index contributed by atoms with van der Waals surface area (Å²) in [6.45, 7) is 1.85. The molecule has 0 aromatic heterocycles. The van der Waals surface area contributed by atoms with Gasteiger partial charge in [-0.3, -0.25) is 5.43 Å². The van der Waals surface area contributed by atoms with E-state index in [9.17, 15) is 0 Å². The molecular formula is C10H11Cl2N3S. The van der Waals surface area contributed by atoms with E-state index in [4.69, 9.17) is 35.4 Å². The van der Waals surface area contributed by atoms with Crippen molar-refractivity contribution >= 4 is 46.2 Å². The second kappa shape index (κ2) is 6.03. The number of hydrogen-bond acceptors (Lipinski definition) is 2. The third kappa shape index (κ3) is 3.63. The number of hydrazone groups is 1. The standard InChI is InChI=1S/C10H11Cl2N3S/c1-6(14-15-10(16)13-2)7-3-4-8(11)9(12)5-7/h3-5H,1-2H3,(H2,13,15,16)/b14-6+. The number of rotatable bonds is 2. The third-order valence-corrected chi connectivity index (χ3v) is 2.92. The summed E-state index contributed by atoms with van der Waals surface area (Å²) in [6.07, 6.45) is 0. The molecule has 1 aromatic carbocycles. The van der Waals surface area contributed by atoms with Gasteiger partial charge in [-0.25, -0.2) is 0 Å². The van der Waals surface area contributed by atoms with E-state index >= 15 is 0 Å². The summed E-state index contributed by atoms with van der Waals surface area (Å²) in [5.74, 6) is 0. The molecule has 0 saturated heterocycles. The van der Waals surface area contributed by atoms with Crippen LogP contribution >= 0.6 is 35.4 Å². The highest BCUT2D eigenvalue weighted by molar-refractivity contribution is 7.80. The van der Waals surface area contributed by atoms with Gasteiger partial charge >= 0.3 is 0 Å². The van der Waals surface area contributed by atoms with Gasteiger partial charge < -0.3 is 5.32 Å². The number of halogens is 2.